The first-order valence-electron chi connectivity index (χ1n) is 17.3. The maximum Gasteiger partial charge on any atom is 0.200 e. The normalized spacial score (nSPS) is 11.2. The van der Waals surface area contributed by atoms with E-state index in [-0.39, 0.29) is 45.9 Å². The van der Waals surface area contributed by atoms with Crippen LogP contribution in [0.3, 0.4) is 0 Å². The average Bonchev–Trinajstić information content (AvgIpc) is 3.17. The zero-order valence-electron chi connectivity index (χ0n) is 30.3. The molecule has 22 heteroatoms. The van der Waals surface area contributed by atoms with Crippen molar-refractivity contribution in [1.82, 2.24) is 4.90 Å². The Bertz CT molecular complexity index is 1180. The van der Waals surface area contributed by atoms with Gasteiger partial charge in [-0.3, -0.25) is 9.69 Å². The van der Waals surface area contributed by atoms with Crippen molar-refractivity contribution in [3.05, 3.63) is 55.5 Å². The second-order valence-electron chi connectivity index (χ2n) is 10.8. The van der Waals surface area contributed by atoms with Crippen molar-refractivity contribution in [3.63, 3.8) is 0 Å². The molecule has 17 nitrogen and oxygen atoms in total. The number of ketones is 1. The van der Waals surface area contributed by atoms with E-state index in [0.29, 0.717) is 112 Å². The lowest BCUT2D eigenvalue weighted by molar-refractivity contribution is -0.119. The zero-order valence-corrected chi connectivity index (χ0v) is 30.3. The first-order chi connectivity index (χ1) is 26.3. The molecule has 0 radical (unpaired) electrons. The molecule has 0 aliphatic heterocycles. The lowest BCUT2D eigenvalue weighted by Crippen LogP contribution is -2.34. The topological polar surface area (TPSA) is 201 Å². The maximum absolute atomic E-state index is 13.8. The minimum Gasteiger partial charge on any atom is -0.379 e. The molecule has 1 aromatic carbocycles. The summed E-state index contributed by atoms with van der Waals surface area (Å²) in [5.74, 6) is -11.3. The number of ether oxygens (including phenoxy) is 9. The quantitative estimate of drug-likeness (QED) is 0.0179. The number of rotatable bonds is 38. The van der Waals surface area contributed by atoms with Crippen LogP contribution in [-0.4, -0.2) is 162 Å². The Morgan fingerprint density at radius 2 is 0.759 bits per heavy atom. The van der Waals surface area contributed by atoms with Crippen molar-refractivity contribution in [2.45, 2.75) is 12.8 Å². The molecule has 0 aliphatic rings. The number of hydrogen-bond acceptors (Lipinski definition) is 13. The summed E-state index contributed by atoms with van der Waals surface area (Å²) in [4.78, 5) is 19.4. The maximum atomic E-state index is 13.8. The van der Waals surface area contributed by atoms with Crippen LogP contribution in [0.2, 0.25) is 0 Å². The lowest BCUT2D eigenvalue weighted by atomic mass is 10.0. The van der Waals surface area contributed by atoms with Gasteiger partial charge in [0.15, 0.2) is 23.3 Å². The third kappa shape index (κ3) is 25.0. The van der Waals surface area contributed by atoms with Crippen molar-refractivity contribution < 1.29 is 69.4 Å². The van der Waals surface area contributed by atoms with E-state index in [0.717, 1.165) is 0 Å². The number of hydrogen-bond donors (Lipinski definition) is 0. The molecule has 308 valence electrons. The van der Waals surface area contributed by atoms with Crippen LogP contribution < -0.4 is 0 Å². The van der Waals surface area contributed by atoms with Crippen LogP contribution in [0.4, 0.5) is 22.0 Å². The molecule has 0 atom stereocenters. The van der Waals surface area contributed by atoms with Gasteiger partial charge >= 0.3 is 0 Å². The van der Waals surface area contributed by atoms with Gasteiger partial charge in [0.2, 0.25) is 5.82 Å². The third-order valence-corrected chi connectivity index (χ3v) is 6.89. The summed E-state index contributed by atoms with van der Waals surface area (Å²) in [5.41, 5.74) is 15.3. The van der Waals surface area contributed by atoms with Gasteiger partial charge in [0.1, 0.15) is 5.78 Å². The van der Waals surface area contributed by atoms with Crippen molar-refractivity contribution in [1.29, 1.82) is 0 Å². The predicted molar refractivity (Wildman–Crippen MR) is 181 cm³/mol. The third-order valence-electron chi connectivity index (χ3n) is 6.89. The summed E-state index contributed by atoms with van der Waals surface area (Å²) in [6.45, 7) is 8.31. The van der Waals surface area contributed by atoms with Crippen LogP contribution in [-0.2, 0) is 53.8 Å². The minimum absolute atomic E-state index is 0.110. The summed E-state index contributed by atoms with van der Waals surface area (Å²) in [6, 6.07) is 0. The van der Waals surface area contributed by atoms with Crippen molar-refractivity contribution in [2.24, 2.45) is 10.2 Å². The van der Waals surface area contributed by atoms with Gasteiger partial charge in [0, 0.05) is 61.0 Å². The van der Waals surface area contributed by atoms with Crippen molar-refractivity contribution in [2.75, 3.05) is 152 Å². The smallest absolute Gasteiger partial charge is 0.200 e. The summed E-state index contributed by atoms with van der Waals surface area (Å²) >= 11 is 0. The summed E-state index contributed by atoms with van der Waals surface area (Å²) in [7, 11) is 0. The fourth-order valence-corrected chi connectivity index (χ4v) is 4.12. The van der Waals surface area contributed by atoms with E-state index in [4.69, 9.17) is 53.7 Å². The highest BCUT2D eigenvalue weighted by molar-refractivity contribution is 5.81. The van der Waals surface area contributed by atoms with Gasteiger partial charge < -0.3 is 42.6 Å². The Balaban J connectivity index is 2.20. The van der Waals surface area contributed by atoms with E-state index < -0.39 is 46.9 Å². The molecule has 0 aliphatic carbocycles. The molecule has 54 heavy (non-hydrogen) atoms. The molecule has 0 amide bonds. The number of halogens is 5. The summed E-state index contributed by atoms with van der Waals surface area (Å²) in [5, 5.41) is 6.75. The molecule has 0 bridgehead atoms. The van der Waals surface area contributed by atoms with Crippen LogP contribution >= 0.6 is 0 Å². The Morgan fingerprint density at radius 3 is 1.11 bits per heavy atom. The molecule has 0 heterocycles. The first-order valence-corrected chi connectivity index (χ1v) is 17.3. The lowest BCUT2D eigenvalue weighted by Gasteiger charge is -2.22. The molecule has 0 N–H and O–H groups in total. The number of Topliss-reactive ketones (excluding diaryl/α,β-unsaturated/α-hetero) is 1. The molecule has 0 saturated heterocycles. The van der Waals surface area contributed by atoms with E-state index >= 15 is 0 Å². The molecule has 0 fully saturated rings. The van der Waals surface area contributed by atoms with Crippen LogP contribution in [0, 0.1) is 29.1 Å². The monoisotopic (exact) mass is 787 g/mol. The Hall–Kier alpha value is -3.24. The second-order valence-corrected chi connectivity index (χ2v) is 10.8. The van der Waals surface area contributed by atoms with Gasteiger partial charge in [-0.15, -0.1) is 0 Å². The Labute approximate surface area is 310 Å². The standard InChI is InChI=1S/C32H50F5N7O10/c33-28-27(29(34)31(36)32(37)30(28)35)25-26(45)1-7-46-13-19-52-22-16-49-10-4-44(5-11-50-17-23-53-20-14-47-8-2-40-42-38)6-12-51-18-24-54-21-15-48-9-3-41-43-39/h1-25H2. The van der Waals surface area contributed by atoms with E-state index in [1.54, 1.807) is 0 Å². The highest BCUT2D eigenvalue weighted by Crippen LogP contribution is 2.23. The largest absolute Gasteiger partial charge is 0.379 e. The second kappa shape index (κ2) is 34.3. The highest BCUT2D eigenvalue weighted by atomic mass is 19.2. The molecule has 0 aromatic heterocycles. The Kier molecular flexibility index (Phi) is 31.0. The van der Waals surface area contributed by atoms with E-state index in [9.17, 15) is 26.7 Å². The predicted octanol–water partition coefficient (Wildman–Crippen LogP) is 3.96. The van der Waals surface area contributed by atoms with Crippen LogP contribution in [0.25, 0.3) is 20.9 Å². The molecular formula is C32H50F5N7O10. The van der Waals surface area contributed by atoms with Crippen LogP contribution in [0.5, 0.6) is 0 Å². The molecule has 1 rings (SSSR count). The molecular weight excluding hydrogens is 737 g/mol. The number of nitrogens with zero attached hydrogens (tertiary/aromatic N) is 7. The van der Waals surface area contributed by atoms with E-state index in [2.05, 4.69) is 25.0 Å². The van der Waals surface area contributed by atoms with Crippen molar-refractivity contribution in [3.8, 4) is 0 Å². The number of benzene rings is 1. The van der Waals surface area contributed by atoms with E-state index in [1.165, 1.54) is 0 Å². The minimum atomic E-state index is -2.28. The SMILES string of the molecule is [N-]=[N+]=NCCOCCOCCOCCN(CCOCCOCCOCCN=[N+]=[N-])CCOCCOCCOCCC(=O)Cc1c(F)c(F)c(F)c(F)c1F. The van der Waals surface area contributed by atoms with E-state index in [1.807, 2.05) is 0 Å². The van der Waals surface area contributed by atoms with Gasteiger partial charge in [-0.1, -0.05) is 10.2 Å². The zero-order chi connectivity index (χ0) is 39.5. The molecule has 0 spiro atoms. The number of carbonyl (C=O) groups excluding carboxylic acids is 1. The van der Waals surface area contributed by atoms with Gasteiger partial charge in [-0.25, -0.2) is 22.0 Å². The first kappa shape index (κ1) is 48.8. The van der Waals surface area contributed by atoms with Crippen LogP contribution in [0.1, 0.15) is 12.0 Å². The van der Waals surface area contributed by atoms with Gasteiger partial charge in [0.05, 0.1) is 119 Å². The van der Waals surface area contributed by atoms with Crippen molar-refractivity contribution >= 4 is 5.78 Å². The van der Waals surface area contributed by atoms with Crippen LogP contribution in [0.15, 0.2) is 10.2 Å². The number of azide groups is 2. The van der Waals surface area contributed by atoms with Gasteiger partial charge in [0.25, 0.3) is 0 Å². The molecule has 0 unspecified atom stereocenters. The van der Waals surface area contributed by atoms with Gasteiger partial charge in [-0.2, -0.15) is 0 Å². The fraction of sp³-hybridized carbons (Fsp3) is 0.781. The van der Waals surface area contributed by atoms with Gasteiger partial charge in [-0.05, 0) is 11.1 Å². The fourth-order valence-electron chi connectivity index (χ4n) is 4.12. The molecule has 0 saturated carbocycles. The Morgan fingerprint density at radius 1 is 0.463 bits per heavy atom. The summed E-state index contributed by atoms with van der Waals surface area (Å²) in [6.07, 6.45) is -1.24. The number of carbonyl (C=O) groups is 1. The average molecular weight is 788 g/mol. The summed E-state index contributed by atoms with van der Waals surface area (Å²) < 4.78 is 116. The highest BCUT2D eigenvalue weighted by Gasteiger charge is 2.26. The molecule has 1 aromatic rings.